The molecular formula is C32H45NO13. The molecule has 0 bridgehead atoms. The summed E-state index contributed by atoms with van der Waals surface area (Å²) in [6.07, 6.45) is -16.4. The molecule has 14 nitrogen and oxygen atoms in total. The number of aliphatic hydroxyl groups is 7. The molecule has 3 fully saturated rings. The fraction of sp³-hybridized carbons (Fsp3) is 0.656. The van der Waals surface area contributed by atoms with Crippen molar-refractivity contribution in [2.24, 2.45) is 0 Å². The molecule has 0 saturated carbocycles. The fourth-order valence-electron chi connectivity index (χ4n) is 6.25. The van der Waals surface area contributed by atoms with Gasteiger partial charge in [0, 0.05) is 18.5 Å². The molecule has 14 atom stereocenters. The first kappa shape index (κ1) is 35.0. The second kappa shape index (κ2) is 15.3. The van der Waals surface area contributed by atoms with Gasteiger partial charge in [-0.25, -0.2) is 0 Å². The third-order valence-corrected chi connectivity index (χ3v) is 8.94. The lowest BCUT2D eigenvalue weighted by molar-refractivity contribution is -0.356. The van der Waals surface area contributed by atoms with E-state index in [1.165, 1.54) is 6.92 Å². The summed E-state index contributed by atoms with van der Waals surface area (Å²) in [6, 6.07) is 13.0. The Labute approximate surface area is 266 Å². The molecule has 8 N–H and O–H groups in total. The van der Waals surface area contributed by atoms with Crippen LogP contribution in [0.1, 0.15) is 43.5 Å². The van der Waals surface area contributed by atoms with Gasteiger partial charge in [0.2, 0.25) is 0 Å². The van der Waals surface area contributed by atoms with Crippen molar-refractivity contribution >= 4 is 16.7 Å². The third kappa shape index (κ3) is 7.54. The number of carbonyl (C=O) groups is 1. The Kier molecular flexibility index (Phi) is 11.6. The van der Waals surface area contributed by atoms with Gasteiger partial charge in [-0.3, -0.25) is 4.79 Å². The van der Waals surface area contributed by atoms with Crippen LogP contribution in [0.3, 0.4) is 0 Å². The molecule has 2 aromatic carbocycles. The minimum absolute atomic E-state index is 0.0748. The Morgan fingerprint density at radius 3 is 2.20 bits per heavy atom. The second-order valence-electron chi connectivity index (χ2n) is 12.2. The average molecular weight is 652 g/mol. The Morgan fingerprint density at radius 2 is 1.50 bits per heavy atom. The lowest BCUT2D eigenvalue weighted by Crippen LogP contribution is -2.64. The van der Waals surface area contributed by atoms with E-state index in [4.69, 9.17) is 23.7 Å². The van der Waals surface area contributed by atoms with Crippen LogP contribution in [-0.2, 0) is 23.7 Å². The highest BCUT2D eigenvalue weighted by Crippen LogP contribution is 2.34. The van der Waals surface area contributed by atoms with E-state index in [1.54, 1.807) is 12.1 Å². The number of hydrogen-bond donors (Lipinski definition) is 8. The highest BCUT2D eigenvalue weighted by molar-refractivity contribution is 5.98. The summed E-state index contributed by atoms with van der Waals surface area (Å²) in [5.74, 6) is -0.377. The zero-order chi connectivity index (χ0) is 33.1. The van der Waals surface area contributed by atoms with Crippen LogP contribution in [0.15, 0.2) is 42.5 Å². The number of rotatable bonds is 10. The molecule has 3 saturated heterocycles. The minimum Gasteiger partial charge on any atom is -0.394 e. The van der Waals surface area contributed by atoms with E-state index < -0.39 is 92.4 Å². The summed E-state index contributed by atoms with van der Waals surface area (Å²) in [4.78, 5) is 13.3. The van der Waals surface area contributed by atoms with E-state index in [0.29, 0.717) is 12.0 Å². The van der Waals surface area contributed by atoms with Crippen molar-refractivity contribution in [2.45, 2.75) is 119 Å². The molecule has 3 heterocycles. The third-order valence-electron chi connectivity index (χ3n) is 8.94. The molecule has 5 rings (SSSR count). The van der Waals surface area contributed by atoms with Crippen LogP contribution in [0.2, 0.25) is 0 Å². The van der Waals surface area contributed by atoms with Crippen molar-refractivity contribution in [1.29, 1.82) is 0 Å². The van der Waals surface area contributed by atoms with Gasteiger partial charge in [0.15, 0.2) is 12.6 Å². The van der Waals surface area contributed by atoms with Crippen molar-refractivity contribution < 1.29 is 64.2 Å². The number of hydrogen-bond acceptors (Lipinski definition) is 13. The Bertz CT molecular complexity index is 1300. The van der Waals surface area contributed by atoms with Crippen molar-refractivity contribution in [3.05, 3.63) is 48.0 Å². The Balaban J connectivity index is 1.40. The van der Waals surface area contributed by atoms with E-state index in [9.17, 15) is 40.5 Å². The van der Waals surface area contributed by atoms with Crippen LogP contribution in [0.5, 0.6) is 0 Å². The number of benzene rings is 2. The predicted molar refractivity (Wildman–Crippen MR) is 160 cm³/mol. The number of amides is 1. The van der Waals surface area contributed by atoms with Gasteiger partial charge in [-0.2, -0.15) is 0 Å². The first-order valence-corrected chi connectivity index (χ1v) is 15.8. The summed E-state index contributed by atoms with van der Waals surface area (Å²) >= 11 is 0. The summed E-state index contributed by atoms with van der Waals surface area (Å²) in [5.41, 5.74) is 0.420. The quantitative estimate of drug-likeness (QED) is 0.154. The molecule has 3 aliphatic heterocycles. The van der Waals surface area contributed by atoms with Crippen LogP contribution >= 0.6 is 0 Å². The number of ether oxygens (including phenoxy) is 5. The minimum atomic E-state index is -1.69. The van der Waals surface area contributed by atoms with E-state index in [2.05, 4.69) is 5.32 Å². The standard InChI is InChI=1S/C32H45NO13/c1-3-6-19-12-20(44-32-28(40)26(38)24(36)22(14-34)45-32)29(46-31-27(39)25(37)23(35)15(2)42-31)21(43-19)13-33-30(41)18-10-9-16-7-4-5-8-17(16)11-18/h4-5,7-11,15,19-29,31-32,34-40H,3,6,12-14H2,1-2H3,(H,33,41)/t15-,19+,20+,21+,22+,23+,24-,25+,26-,27-,28+,29-,31-,32+/m0/s1. The van der Waals surface area contributed by atoms with E-state index in [-0.39, 0.29) is 18.9 Å². The molecule has 256 valence electrons. The van der Waals surface area contributed by atoms with Crippen molar-refractivity contribution in [3.63, 3.8) is 0 Å². The van der Waals surface area contributed by atoms with Crippen molar-refractivity contribution in [2.75, 3.05) is 13.2 Å². The van der Waals surface area contributed by atoms with Gasteiger partial charge in [-0.15, -0.1) is 0 Å². The highest BCUT2D eigenvalue weighted by atomic mass is 16.7. The lowest BCUT2D eigenvalue weighted by atomic mass is 9.93. The maximum Gasteiger partial charge on any atom is 0.251 e. The topological polar surface area (TPSA) is 217 Å². The number of fused-ring (bicyclic) bond motifs is 1. The van der Waals surface area contributed by atoms with Crippen molar-refractivity contribution in [1.82, 2.24) is 5.32 Å². The van der Waals surface area contributed by atoms with Crippen LogP contribution in [0, 0.1) is 0 Å². The monoisotopic (exact) mass is 651 g/mol. The molecule has 0 radical (unpaired) electrons. The molecular weight excluding hydrogens is 606 g/mol. The van der Waals surface area contributed by atoms with E-state index >= 15 is 0 Å². The van der Waals surface area contributed by atoms with Crippen LogP contribution < -0.4 is 5.32 Å². The Hall–Kier alpha value is -2.31. The highest BCUT2D eigenvalue weighted by Gasteiger charge is 2.50. The van der Waals surface area contributed by atoms with Crippen LogP contribution in [-0.4, -0.2) is 141 Å². The first-order valence-electron chi connectivity index (χ1n) is 15.8. The van der Waals surface area contributed by atoms with Gasteiger partial charge in [0.05, 0.1) is 24.9 Å². The number of carbonyl (C=O) groups excluding carboxylic acids is 1. The maximum atomic E-state index is 13.3. The summed E-state index contributed by atoms with van der Waals surface area (Å²) < 4.78 is 30.1. The van der Waals surface area contributed by atoms with Gasteiger partial charge in [-0.1, -0.05) is 43.7 Å². The summed E-state index contributed by atoms with van der Waals surface area (Å²) in [6.45, 7) is 2.75. The molecule has 46 heavy (non-hydrogen) atoms. The normalized spacial score (nSPS) is 40.1. The molecule has 0 aliphatic carbocycles. The molecule has 0 aromatic heterocycles. The van der Waals surface area contributed by atoms with Gasteiger partial charge in [0.1, 0.15) is 54.9 Å². The smallest absolute Gasteiger partial charge is 0.251 e. The zero-order valence-corrected chi connectivity index (χ0v) is 25.7. The fourth-order valence-corrected chi connectivity index (χ4v) is 6.25. The molecule has 1 amide bonds. The predicted octanol–water partition coefficient (Wildman–Crippen LogP) is -1.07. The molecule has 0 spiro atoms. The zero-order valence-electron chi connectivity index (χ0n) is 25.7. The maximum absolute atomic E-state index is 13.3. The van der Waals surface area contributed by atoms with Gasteiger partial charge in [0.25, 0.3) is 5.91 Å². The molecule has 2 aromatic rings. The second-order valence-corrected chi connectivity index (χ2v) is 12.2. The van der Waals surface area contributed by atoms with E-state index in [1.807, 2.05) is 37.3 Å². The van der Waals surface area contributed by atoms with Crippen LogP contribution in [0.25, 0.3) is 10.8 Å². The van der Waals surface area contributed by atoms with Crippen molar-refractivity contribution in [3.8, 4) is 0 Å². The number of nitrogens with one attached hydrogen (secondary N) is 1. The van der Waals surface area contributed by atoms with Gasteiger partial charge in [-0.05, 0) is 36.2 Å². The van der Waals surface area contributed by atoms with E-state index in [0.717, 1.165) is 17.2 Å². The molecule has 14 heteroatoms. The summed E-state index contributed by atoms with van der Waals surface area (Å²) in [5, 5.41) is 77.2. The largest absolute Gasteiger partial charge is 0.394 e. The van der Waals surface area contributed by atoms with Crippen LogP contribution in [0.4, 0.5) is 0 Å². The summed E-state index contributed by atoms with van der Waals surface area (Å²) in [7, 11) is 0. The molecule has 0 unspecified atom stereocenters. The average Bonchev–Trinajstić information content (AvgIpc) is 3.06. The Morgan fingerprint density at radius 1 is 0.826 bits per heavy atom. The number of aliphatic hydroxyl groups excluding tert-OH is 7. The van der Waals surface area contributed by atoms with Gasteiger partial charge >= 0.3 is 0 Å². The van der Waals surface area contributed by atoms with Gasteiger partial charge < -0.3 is 64.7 Å². The SMILES string of the molecule is CCC[C@@H]1C[C@@H](O[C@@H]2O[C@H](CO)[C@H](O)[C@H](O)[C@H]2O)[C@H](O[C@@H]2O[C@@H](C)[C@@H](O)[C@@H](O)[C@@H]2O)[C@@H](CNC(=O)c2ccc3ccccc3c2)O1. The first-order chi connectivity index (χ1) is 22.0. The lowest BCUT2D eigenvalue weighted by Gasteiger charge is -2.48. The molecule has 3 aliphatic rings.